The minimum Gasteiger partial charge on any atom is -0.465 e. The second-order valence-electron chi connectivity index (χ2n) is 4.58. The third-order valence-electron chi connectivity index (χ3n) is 2.53. The molecule has 0 fully saturated rings. The molecule has 0 aliphatic rings. The SMILES string of the molecule is COC(=O)c1ccc(C(=O)NCC(C)C)c([N+](=O)[O-])c1. The Bertz CT molecular complexity index is 540. The van der Waals surface area contributed by atoms with Crippen LogP contribution in [-0.4, -0.2) is 30.5 Å². The zero-order valence-corrected chi connectivity index (χ0v) is 11.5. The second kappa shape index (κ2) is 6.65. The van der Waals surface area contributed by atoms with E-state index in [0.29, 0.717) is 6.54 Å². The summed E-state index contributed by atoms with van der Waals surface area (Å²) in [4.78, 5) is 33.5. The summed E-state index contributed by atoms with van der Waals surface area (Å²) in [6.07, 6.45) is 0. The van der Waals surface area contributed by atoms with Gasteiger partial charge >= 0.3 is 5.97 Å². The number of benzene rings is 1. The molecule has 20 heavy (non-hydrogen) atoms. The van der Waals surface area contributed by atoms with Crippen LogP contribution in [-0.2, 0) is 4.74 Å². The Hall–Kier alpha value is -2.44. The van der Waals surface area contributed by atoms with Crippen molar-refractivity contribution >= 4 is 17.6 Å². The van der Waals surface area contributed by atoms with Gasteiger partial charge in [0.25, 0.3) is 11.6 Å². The summed E-state index contributed by atoms with van der Waals surface area (Å²) in [5.74, 6) is -1.00. The first-order valence-electron chi connectivity index (χ1n) is 6.01. The molecule has 0 saturated carbocycles. The zero-order chi connectivity index (χ0) is 15.3. The highest BCUT2D eigenvalue weighted by molar-refractivity contribution is 6.00. The lowest BCUT2D eigenvalue weighted by Gasteiger charge is -2.08. The summed E-state index contributed by atoms with van der Waals surface area (Å²) >= 11 is 0. The molecule has 7 heteroatoms. The molecule has 1 N–H and O–H groups in total. The molecule has 0 aromatic heterocycles. The fourth-order valence-electron chi connectivity index (χ4n) is 1.51. The lowest BCUT2D eigenvalue weighted by atomic mass is 10.1. The molecule has 108 valence electrons. The maximum atomic E-state index is 11.9. The highest BCUT2D eigenvalue weighted by Crippen LogP contribution is 2.21. The van der Waals surface area contributed by atoms with Crippen LogP contribution in [0.3, 0.4) is 0 Å². The van der Waals surface area contributed by atoms with Gasteiger partial charge in [-0.25, -0.2) is 4.79 Å². The molecule has 0 radical (unpaired) electrons. The molecule has 7 nitrogen and oxygen atoms in total. The third-order valence-corrected chi connectivity index (χ3v) is 2.53. The van der Waals surface area contributed by atoms with E-state index in [2.05, 4.69) is 10.1 Å². The molecular formula is C13H16N2O5. The fraction of sp³-hybridized carbons (Fsp3) is 0.385. The van der Waals surface area contributed by atoms with Crippen LogP contribution < -0.4 is 5.32 Å². The van der Waals surface area contributed by atoms with Gasteiger partial charge in [0.2, 0.25) is 0 Å². The predicted molar refractivity (Wildman–Crippen MR) is 71.6 cm³/mol. The van der Waals surface area contributed by atoms with Crippen molar-refractivity contribution in [1.82, 2.24) is 5.32 Å². The van der Waals surface area contributed by atoms with E-state index in [1.165, 1.54) is 19.2 Å². The van der Waals surface area contributed by atoms with Crippen molar-refractivity contribution in [3.63, 3.8) is 0 Å². The monoisotopic (exact) mass is 280 g/mol. The Kier molecular flexibility index (Phi) is 5.19. The van der Waals surface area contributed by atoms with E-state index in [9.17, 15) is 19.7 Å². The summed E-state index contributed by atoms with van der Waals surface area (Å²) in [6.45, 7) is 4.23. The number of nitrogens with zero attached hydrogens (tertiary/aromatic N) is 1. The first-order valence-corrected chi connectivity index (χ1v) is 6.01. The van der Waals surface area contributed by atoms with Crippen molar-refractivity contribution < 1.29 is 19.2 Å². The number of carbonyl (C=O) groups excluding carboxylic acids is 2. The number of rotatable bonds is 5. The lowest BCUT2D eigenvalue weighted by Crippen LogP contribution is -2.28. The number of nitrogens with one attached hydrogen (secondary N) is 1. The molecule has 1 rings (SSSR count). The van der Waals surface area contributed by atoms with Gasteiger partial charge in [-0.1, -0.05) is 13.8 Å². The normalized spacial score (nSPS) is 10.2. The van der Waals surface area contributed by atoms with Crippen LogP contribution in [0.4, 0.5) is 5.69 Å². The van der Waals surface area contributed by atoms with Gasteiger partial charge in [-0.05, 0) is 18.1 Å². The molecule has 1 aromatic carbocycles. The summed E-state index contributed by atoms with van der Waals surface area (Å²) < 4.78 is 4.49. The number of amides is 1. The van der Waals surface area contributed by atoms with Gasteiger partial charge in [0, 0.05) is 12.6 Å². The third kappa shape index (κ3) is 3.78. The van der Waals surface area contributed by atoms with Crippen LogP contribution in [0, 0.1) is 16.0 Å². The van der Waals surface area contributed by atoms with Crippen molar-refractivity contribution in [3.8, 4) is 0 Å². The number of hydrogen-bond donors (Lipinski definition) is 1. The number of nitro groups is 1. The molecule has 0 spiro atoms. The first-order chi connectivity index (χ1) is 9.36. The van der Waals surface area contributed by atoms with E-state index in [1.807, 2.05) is 13.8 Å². The van der Waals surface area contributed by atoms with Crippen molar-refractivity contribution in [2.75, 3.05) is 13.7 Å². The Labute approximate surface area is 116 Å². The van der Waals surface area contributed by atoms with Crippen LogP contribution in [0.5, 0.6) is 0 Å². The summed E-state index contributed by atoms with van der Waals surface area (Å²) in [5, 5.41) is 13.6. The highest BCUT2D eigenvalue weighted by Gasteiger charge is 2.22. The van der Waals surface area contributed by atoms with E-state index in [-0.39, 0.29) is 17.0 Å². The first kappa shape index (κ1) is 15.6. The zero-order valence-electron chi connectivity index (χ0n) is 11.5. The molecule has 0 saturated heterocycles. The van der Waals surface area contributed by atoms with E-state index >= 15 is 0 Å². The minimum atomic E-state index is -0.698. The predicted octanol–water partition coefficient (Wildman–Crippen LogP) is 1.77. The number of ether oxygens (including phenoxy) is 1. The van der Waals surface area contributed by atoms with E-state index in [4.69, 9.17) is 0 Å². The van der Waals surface area contributed by atoms with Crippen LogP contribution in [0.25, 0.3) is 0 Å². The Morgan fingerprint density at radius 1 is 1.40 bits per heavy atom. The molecule has 1 amide bonds. The van der Waals surface area contributed by atoms with Crippen molar-refractivity contribution in [2.45, 2.75) is 13.8 Å². The second-order valence-corrected chi connectivity index (χ2v) is 4.58. The topological polar surface area (TPSA) is 98.5 Å². The maximum absolute atomic E-state index is 11.9. The largest absolute Gasteiger partial charge is 0.465 e. The molecule has 0 heterocycles. The lowest BCUT2D eigenvalue weighted by molar-refractivity contribution is -0.385. The average molecular weight is 280 g/mol. The minimum absolute atomic E-state index is 0.0274. The highest BCUT2D eigenvalue weighted by atomic mass is 16.6. The molecule has 0 atom stereocenters. The molecule has 0 bridgehead atoms. The van der Waals surface area contributed by atoms with E-state index < -0.39 is 22.5 Å². The van der Waals surface area contributed by atoms with Gasteiger partial charge in [0.1, 0.15) is 5.56 Å². The van der Waals surface area contributed by atoms with E-state index in [0.717, 1.165) is 6.07 Å². The van der Waals surface area contributed by atoms with Gasteiger partial charge in [-0.15, -0.1) is 0 Å². The fourth-order valence-corrected chi connectivity index (χ4v) is 1.51. The van der Waals surface area contributed by atoms with Crippen LogP contribution in [0.2, 0.25) is 0 Å². The maximum Gasteiger partial charge on any atom is 0.338 e. The van der Waals surface area contributed by atoms with Crippen molar-refractivity contribution in [3.05, 3.63) is 39.4 Å². The van der Waals surface area contributed by atoms with Crippen LogP contribution >= 0.6 is 0 Å². The molecule has 0 aliphatic heterocycles. The molecule has 0 aliphatic carbocycles. The Morgan fingerprint density at radius 2 is 2.05 bits per heavy atom. The smallest absolute Gasteiger partial charge is 0.338 e. The molecule has 1 aromatic rings. The summed E-state index contributed by atoms with van der Waals surface area (Å²) in [6, 6.07) is 3.61. The number of hydrogen-bond acceptors (Lipinski definition) is 5. The number of methoxy groups -OCH3 is 1. The van der Waals surface area contributed by atoms with Crippen molar-refractivity contribution in [2.24, 2.45) is 5.92 Å². The number of esters is 1. The van der Waals surface area contributed by atoms with Gasteiger partial charge < -0.3 is 10.1 Å². The Morgan fingerprint density at radius 3 is 2.55 bits per heavy atom. The standard InChI is InChI=1S/C13H16N2O5/c1-8(2)7-14-12(16)10-5-4-9(13(17)20-3)6-11(10)15(18)19/h4-6,8H,7H2,1-3H3,(H,14,16). The van der Waals surface area contributed by atoms with Crippen LogP contribution in [0.15, 0.2) is 18.2 Å². The van der Waals surface area contributed by atoms with Gasteiger partial charge in [0.05, 0.1) is 17.6 Å². The molecular weight excluding hydrogens is 264 g/mol. The molecule has 0 unspecified atom stereocenters. The van der Waals surface area contributed by atoms with Gasteiger partial charge in [-0.3, -0.25) is 14.9 Å². The summed E-state index contributed by atoms with van der Waals surface area (Å²) in [7, 11) is 1.18. The van der Waals surface area contributed by atoms with Gasteiger partial charge in [0.15, 0.2) is 0 Å². The average Bonchev–Trinajstić information content (AvgIpc) is 2.43. The summed E-state index contributed by atoms with van der Waals surface area (Å²) in [5.41, 5.74) is -0.475. The Balaban J connectivity index is 3.10. The van der Waals surface area contributed by atoms with E-state index in [1.54, 1.807) is 0 Å². The number of carbonyl (C=O) groups is 2. The number of nitro benzene ring substituents is 1. The quantitative estimate of drug-likeness (QED) is 0.503. The van der Waals surface area contributed by atoms with Crippen LogP contribution in [0.1, 0.15) is 34.6 Å². The van der Waals surface area contributed by atoms with Gasteiger partial charge in [-0.2, -0.15) is 0 Å². The van der Waals surface area contributed by atoms with Crippen molar-refractivity contribution in [1.29, 1.82) is 0 Å².